The number of nitrogens with zero attached hydrogens (tertiary/aromatic N) is 2. The predicted molar refractivity (Wildman–Crippen MR) is 78.3 cm³/mol. The molecule has 90 valence electrons. The number of halogens is 1. The second kappa shape index (κ2) is 4.14. The summed E-state index contributed by atoms with van der Waals surface area (Å²) in [5.41, 5.74) is 9.65. The van der Waals surface area contributed by atoms with Gasteiger partial charge in [-0.1, -0.05) is 34.1 Å². The maximum Gasteiger partial charge on any atom is 0.140 e. The summed E-state index contributed by atoms with van der Waals surface area (Å²) in [5.74, 6) is 0.921. The Kier molecular flexibility index (Phi) is 2.59. The van der Waals surface area contributed by atoms with Crippen molar-refractivity contribution in [2.24, 2.45) is 7.05 Å². The van der Waals surface area contributed by atoms with E-state index in [1.54, 1.807) is 0 Å². The van der Waals surface area contributed by atoms with Crippen molar-refractivity contribution in [1.29, 1.82) is 0 Å². The first-order chi connectivity index (χ1) is 8.66. The lowest BCUT2D eigenvalue weighted by molar-refractivity contribution is 0.959. The number of aryl methyl sites for hydroxylation is 1. The molecule has 0 atom stereocenters. The lowest BCUT2D eigenvalue weighted by Gasteiger charge is -2.02. The minimum absolute atomic E-state index is 0.712. The van der Waals surface area contributed by atoms with Crippen LogP contribution in [-0.4, -0.2) is 9.55 Å². The maximum absolute atomic E-state index is 5.96. The normalized spacial score (nSPS) is 11.0. The highest BCUT2D eigenvalue weighted by Crippen LogP contribution is 2.28. The Morgan fingerprint density at radius 2 is 1.94 bits per heavy atom. The van der Waals surface area contributed by atoms with Crippen LogP contribution in [0, 0.1) is 0 Å². The van der Waals surface area contributed by atoms with E-state index in [-0.39, 0.29) is 0 Å². The largest absolute Gasteiger partial charge is 0.397 e. The van der Waals surface area contributed by atoms with E-state index >= 15 is 0 Å². The van der Waals surface area contributed by atoms with E-state index in [0.29, 0.717) is 5.69 Å². The van der Waals surface area contributed by atoms with Gasteiger partial charge in [0.25, 0.3) is 0 Å². The summed E-state index contributed by atoms with van der Waals surface area (Å²) in [5, 5.41) is 0. The Balaban J connectivity index is 2.30. The van der Waals surface area contributed by atoms with Crippen LogP contribution < -0.4 is 5.73 Å². The van der Waals surface area contributed by atoms with Crippen molar-refractivity contribution in [3.8, 4) is 11.4 Å². The molecular weight excluding hydrogens is 290 g/mol. The molecule has 3 nitrogen and oxygen atoms in total. The number of anilines is 1. The maximum atomic E-state index is 5.96. The van der Waals surface area contributed by atoms with Gasteiger partial charge in [-0.2, -0.15) is 0 Å². The summed E-state index contributed by atoms with van der Waals surface area (Å²) < 4.78 is 3.10. The zero-order chi connectivity index (χ0) is 12.7. The zero-order valence-electron chi connectivity index (χ0n) is 9.89. The number of benzene rings is 2. The van der Waals surface area contributed by atoms with Crippen LogP contribution in [-0.2, 0) is 7.05 Å². The molecule has 4 heteroatoms. The summed E-state index contributed by atoms with van der Waals surface area (Å²) in [6, 6.07) is 14.0. The van der Waals surface area contributed by atoms with Gasteiger partial charge in [0.15, 0.2) is 0 Å². The molecule has 2 aromatic carbocycles. The Hall–Kier alpha value is -1.81. The molecule has 3 aromatic rings. The number of imidazole rings is 1. The van der Waals surface area contributed by atoms with E-state index in [1.165, 1.54) is 0 Å². The first-order valence-electron chi connectivity index (χ1n) is 5.63. The Morgan fingerprint density at radius 3 is 2.67 bits per heavy atom. The van der Waals surface area contributed by atoms with Gasteiger partial charge in [0.05, 0.1) is 11.2 Å². The number of aromatic nitrogens is 2. The number of rotatable bonds is 1. The van der Waals surface area contributed by atoms with Crippen LogP contribution in [0.2, 0.25) is 0 Å². The molecule has 18 heavy (non-hydrogen) atoms. The fraction of sp³-hybridized carbons (Fsp3) is 0.0714. The first kappa shape index (κ1) is 11.3. The molecular formula is C14H12BrN3. The molecule has 0 fully saturated rings. The Morgan fingerprint density at radius 1 is 1.17 bits per heavy atom. The van der Waals surface area contributed by atoms with Crippen LogP contribution in [0.5, 0.6) is 0 Å². The molecule has 2 N–H and O–H groups in total. The Bertz CT molecular complexity index is 731. The second-order valence-electron chi connectivity index (χ2n) is 4.22. The molecule has 0 unspecified atom stereocenters. The van der Waals surface area contributed by atoms with Gasteiger partial charge in [-0.05, 0) is 24.3 Å². The first-order valence-corrected chi connectivity index (χ1v) is 6.43. The van der Waals surface area contributed by atoms with E-state index in [4.69, 9.17) is 5.73 Å². The van der Waals surface area contributed by atoms with Gasteiger partial charge in [-0.3, -0.25) is 0 Å². The highest BCUT2D eigenvalue weighted by Gasteiger charge is 2.11. The van der Waals surface area contributed by atoms with Crippen molar-refractivity contribution in [3.63, 3.8) is 0 Å². The average Bonchev–Trinajstić information content (AvgIpc) is 2.69. The smallest absolute Gasteiger partial charge is 0.140 e. The number of nitrogen functional groups attached to an aromatic ring is 1. The minimum atomic E-state index is 0.712. The van der Waals surface area contributed by atoms with Gasteiger partial charge >= 0.3 is 0 Å². The molecule has 1 aromatic heterocycles. The lowest BCUT2D eigenvalue weighted by atomic mass is 10.2. The molecule has 0 radical (unpaired) electrons. The number of hydrogen-bond donors (Lipinski definition) is 1. The molecule has 0 spiro atoms. The van der Waals surface area contributed by atoms with Crippen LogP contribution in [0.3, 0.4) is 0 Å². The predicted octanol–water partition coefficient (Wildman–Crippen LogP) is 3.59. The van der Waals surface area contributed by atoms with Crippen molar-refractivity contribution in [2.75, 3.05) is 5.73 Å². The van der Waals surface area contributed by atoms with E-state index in [0.717, 1.165) is 26.9 Å². The van der Waals surface area contributed by atoms with Gasteiger partial charge < -0.3 is 10.3 Å². The fourth-order valence-electron chi connectivity index (χ4n) is 2.12. The van der Waals surface area contributed by atoms with Gasteiger partial charge in [0, 0.05) is 17.1 Å². The highest BCUT2D eigenvalue weighted by molar-refractivity contribution is 9.10. The molecule has 0 aliphatic heterocycles. The molecule has 0 saturated heterocycles. The van der Waals surface area contributed by atoms with Gasteiger partial charge in [0.2, 0.25) is 0 Å². The van der Waals surface area contributed by atoms with Crippen LogP contribution >= 0.6 is 15.9 Å². The summed E-state index contributed by atoms with van der Waals surface area (Å²) in [6.07, 6.45) is 0. The summed E-state index contributed by atoms with van der Waals surface area (Å²) in [6.45, 7) is 0. The van der Waals surface area contributed by atoms with Crippen LogP contribution in [0.25, 0.3) is 22.4 Å². The van der Waals surface area contributed by atoms with E-state index in [1.807, 2.05) is 43.4 Å². The van der Waals surface area contributed by atoms with Crippen molar-refractivity contribution < 1.29 is 0 Å². The number of fused-ring (bicyclic) bond motifs is 1. The van der Waals surface area contributed by atoms with Crippen molar-refractivity contribution in [2.45, 2.75) is 0 Å². The third-order valence-corrected chi connectivity index (χ3v) is 3.52. The molecule has 0 amide bonds. The molecule has 0 aliphatic carbocycles. The summed E-state index contributed by atoms with van der Waals surface area (Å²) in [4.78, 5) is 4.64. The number of para-hydroxylation sites is 1. The third kappa shape index (κ3) is 1.69. The molecule has 0 bridgehead atoms. The van der Waals surface area contributed by atoms with Crippen molar-refractivity contribution in [3.05, 3.63) is 46.9 Å². The van der Waals surface area contributed by atoms with Crippen LogP contribution in [0.1, 0.15) is 0 Å². The molecule has 0 aliphatic rings. The molecule has 0 saturated carbocycles. The van der Waals surface area contributed by atoms with Crippen molar-refractivity contribution in [1.82, 2.24) is 9.55 Å². The second-order valence-corrected chi connectivity index (χ2v) is 5.14. The van der Waals surface area contributed by atoms with E-state index in [2.05, 4.69) is 31.5 Å². The Labute approximate surface area is 113 Å². The molecule has 1 heterocycles. The van der Waals surface area contributed by atoms with Gasteiger partial charge in [-0.15, -0.1) is 0 Å². The zero-order valence-corrected chi connectivity index (χ0v) is 11.5. The van der Waals surface area contributed by atoms with Crippen LogP contribution in [0.15, 0.2) is 46.9 Å². The highest BCUT2D eigenvalue weighted by atomic mass is 79.9. The van der Waals surface area contributed by atoms with Crippen molar-refractivity contribution >= 4 is 32.7 Å². The summed E-state index contributed by atoms with van der Waals surface area (Å²) in [7, 11) is 2.00. The van der Waals surface area contributed by atoms with E-state index < -0.39 is 0 Å². The van der Waals surface area contributed by atoms with E-state index in [9.17, 15) is 0 Å². The average molecular weight is 302 g/mol. The monoisotopic (exact) mass is 301 g/mol. The minimum Gasteiger partial charge on any atom is -0.397 e. The standard InChI is InChI=1S/C14H12BrN3/c1-18-12-7-3-6-11(16)13(12)17-14(18)9-4-2-5-10(15)8-9/h2-8H,16H2,1H3. The SMILES string of the molecule is Cn1c(-c2cccc(Br)c2)nc2c(N)cccc21. The van der Waals surface area contributed by atoms with Gasteiger partial charge in [0.1, 0.15) is 11.3 Å². The summed E-state index contributed by atoms with van der Waals surface area (Å²) >= 11 is 3.48. The topological polar surface area (TPSA) is 43.8 Å². The molecule has 3 rings (SSSR count). The van der Waals surface area contributed by atoms with Crippen LogP contribution in [0.4, 0.5) is 5.69 Å². The third-order valence-electron chi connectivity index (χ3n) is 3.03. The van der Waals surface area contributed by atoms with Gasteiger partial charge in [-0.25, -0.2) is 4.98 Å². The quantitative estimate of drug-likeness (QED) is 0.698. The number of nitrogens with two attached hydrogens (primary N) is 1. The number of hydrogen-bond acceptors (Lipinski definition) is 2. The fourth-order valence-corrected chi connectivity index (χ4v) is 2.52. The lowest BCUT2D eigenvalue weighted by Crippen LogP contribution is -1.92.